The summed E-state index contributed by atoms with van der Waals surface area (Å²) in [6, 6.07) is 17.7. The first-order valence-corrected chi connectivity index (χ1v) is 12.7. The fourth-order valence-corrected chi connectivity index (χ4v) is 4.35. The minimum atomic E-state index is -0.240. The van der Waals surface area contributed by atoms with Gasteiger partial charge < -0.3 is 15.5 Å². The number of nitrogens with zero attached hydrogens (tertiary/aromatic N) is 4. The molecule has 0 atom stereocenters. The maximum atomic E-state index is 13.2. The van der Waals surface area contributed by atoms with Crippen LogP contribution in [0.4, 0.5) is 11.6 Å². The highest BCUT2D eigenvalue weighted by Gasteiger charge is 2.19. The molecule has 0 radical (unpaired) electrons. The van der Waals surface area contributed by atoms with Crippen molar-refractivity contribution >= 4 is 56.3 Å². The third kappa shape index (κ3) is 5.72. The molecule has 0 fully saturated rings. The largest absolute Gasteiger partial charge is 0.349 e. The molecule has 9 heteroatoms. The lowest BCUT2D eigenvalue weighted by Gasteiger charge is -2.14. The predicted molar refractivity (Wildman–Crippen MR) is 143 cm³/mol. The van der Waals surface area contributed by atoms with Crippen molar-refractivity contribution in [2.45, 2.75) is 4.90 Å². The molecule has 174 valence electrons. The van der Waals surface area contributed by atoms with E-state index in [0.717, 1.165) is 38.1 Å². The van der Waals surface area contributed by atoms with Crippen molar-refractivity contribution in [1.82, 2.24) is 25.2 Å². The van der Waals surface area contributed by atoms with E-state index < -0.39 is 0 Å². The molecule has 0 spiro atoms. The lowest BCUT2D eigenvalue weighted by Crippen LogP contribution is -2.32. The van der Waals surface area contributed by atoms with E-state index in [1.54, 1.807) is 18.0 Å². The SMILES string of the molecule is CSc1cccc(Nc2ncc3cc(-c4ccccc4Br)c(C(=O)NCCN(C)C)nc3n2)c1. The molecule has 0 unspecified atom stereocenters. The fraction of sp³-hybridized carbons (Fsp3) is 0.200. The first-order valence-electron chi connectivity index (χ1n) is 10.7. The minimum absolute atomic E-state index is 0.240. The van der Waals surface area contributed by atoms with Crippen LogP contribution < -0.4 is 10.6 Å². The van der Waals surface area contributed by atoms with Crippen LogP contribution in [0.2, 0.25) is 0 Å². The maximum absolute atomic E-state index is 13.2. The third-order valence-corrected chi connectivity index (χ3v) is 6.53. The van der Waals surface area contributed by atoms with E-state index in [-0.39, 0.29) is 5.91 Å². The Hall–Kier alpha value is -3.01. The number of hydrogen-bond acceptors (Lipinski definition) is 7. The van der Waals surface area contributed by atoms with Crippen LogP contribution >= 0.6 is 27.7 Å². The van der Waals surface area contributed by atoms with Gasteiger partial charge >= 0.3 is 0 Å². The van der Waals surface area contributed by atoms with Crippen molar-refractivity contribution in [3.63, 3.8) is 0 Å². The third-order valence-electron chi connectivity index (χ3n) is 5.12. The lowest BCUT2D eigenvalue weighted by atomic mass is 10.0. The van der Waals surface area contributed by atoms with Gasteiger partial charge in [-0.05, 0) is 56.2 Å². The van der Waals surface area contributed by atoms with Gasteiger partial charge in [0.1, 0.15) is 5.69 Å². The number of fused-ring (bicyclic) bond motifs is 1. The molecule has 0 aliphatic carbocycles. The van der Waals surface area contributed by atoms with Crippen LogP contribution in [0.3, 0.4) is 0 Å². The Bertz CT molecular complexity index is 1330. The van der Waals surface area contributed by atoms with Gasteiger partial charge in [0, 0.05) is 45.3 Å². The van der Waals surface area contributed by atoms with Crippen LogP contribution in [-0.4, -0.2) is 59.2 Å². The summed E-state index contributed by atoms with van der Waals surface area (Å²) in [5.41, 5.74) is 3.27. The van der Waals surface area contributed by atoms with Crippen molar-refractivity contribution in [1.29, 1.82) is 0 Å². The van der Waals surface area contributed by atoms with E-state index in [2.05, 4.69) is 41.5 Å². The fourth-order valence-electron chi connectivity index (χ4n) is 3.39. The molecule has 1 amide bonds. The van der Waals surface area contributed by atoms with Gasteiger partial charge in [0.05, 0.1) is 0 Å². The van der Waals surface area contributed by atoms with E-state index >= 15 is 0 Å². The summed E-state index contributed by atoms with van der Waals surface area (Å²) in [6.07, 6.45) is 3.76. The first kappa shape index (κ1) is 24.1. The Morgan fingerprint density at radius 2 is 1.88 bits per heavy atom. The van der Waals surface area contributed by atoms with Crippen LogP contribution in [0.15, 0.2) is 70.2 Å². The number of hydrogen-bond donors (Lipinski definition) is 2. The Morgan fingerprint density at radius 1 is 1.06 bits per heavy atom. The van der Waals surface area contributed by atoms with Gasteiger partial charge in [-0.15, -0.1) is 11.8 Å². The molecule has 2 heterocycles. The van der Waals surface area contributed by atoms with Gasteiger partial charge in [-0.3, -0.25) is 4.79 Å². The Labute approximate surface area is 211 Å². The average molecular weight is 537 g/mol. The van der Waals surface area contributed by atoms with E-state index in [0.29, 0.717) is 23.8 Å². The molecular formula is C25H25BrN6OS. The maximum Gasteiger partial charge on any atom is 0.270 e. The van der Waals surface area contributed by atoms with Crippen LogP contribution in [-0.2, 0) is 0 Å². The molecule has 4 aromatic rings. The molecule has 0 aliphatic rings. The van der Waals surface area contributed by atoms with Crippen LogP contribution in [0.5, 0.6) is 0 Å². The molecular weight excluding hydrogens is 512 g/mol. The second-order valence-corrected chi connectivity index (χ2v) is 9.62. The zero-order valence-corrected chi connectivity index (χ0v) is 21.6. The van der Waals surface area contributed by atoms with Gasteiger partial charge in [0.25, 0.3) is 5.91 Å². The van der Waals surface area contributed by atoms with Crippen LogP contribution in [0.25, 0.3) is 22.2 Å². The number of carbonyl (C=O) groups is 1. The van der Waals surface area contributed by atoms with Gasteiger partial charge in [0.15, 0.2) is 5.65 Å². The first-order chi connectivity index (χ1) is 16.4. The zero-order valence-electron chi connectivity index (χ0n) is 19.2. The number of anilines is 2. The van der Waals surface area contributed by atoms with Gasteiger partial charge in [-0.25, -0.2) is 9.97 Å². The van der Waals surface area contributed by atoms with Crippen molar-refractivity contribution in [3.05, 3.63) is 71.0 Å². The van der Waals surface area contributed by atoms with Crippen molar-refractivity contribution in [3.8, 4) is 11.1 Å². The van der Waals surface area contributed by atoms with Crippen molar-refractivity contribution in [2.75, 3.05) is 38.8 Å². The number of rotatable bonds is 8. The standard InChI is InChI=1S/C25H25BrN6OS/c1-32(2)12-11-27-24(33)22-20(19-9-4-5-10-21(19)26)13-16-15-28-25(31-23(16)30-22)29-17-7-6-8-18(14-17)34-3/h4-10,13-15H,11-12H2,1-3H3,(H,27,33)(H,28,29,30,31). The highest BCUT2D eigenvalue weighted by molar-refractivity contribution is 9.10. The van der Waals surface area contributed by atoms with E-state index in [1.807, 2.05) is 79.8 Å². The average Bonchev–Trinajstić information content (AvgIpc) is 2.83. The summed E-state index contributed by atoms with van der Waals surface area (Å²) in [4.78, 5) is 30.1. The van der Waals surface area contributed by atoms with Crippen molar-refractivity contribution < 1.29 is 4.79 Å². The summed E-state index contributed by atoms with van der Waals surface area (Å²) in [6.45, 7) is 1.25. The molecule has 0 saturated heterocycles. The Morgan fingerprint density at radius 3 is 2.65 bits per heavy atom. The summed E-state index contributed by atoms with van der Waals surface area (Å²) >= 11 is 5.27. The zero-order chi connectivity index (χ0) is 24.1. The van der Waals surface area contributed by atoms with Crippen LogP contribution in [0, 0.1) is 0 Å². The van der Waals surface area contributed by atoms with E-state index in [9.17, 15) is 4.79 Å². The minimum Gasteiger partial charge on any atom is -0.349 e. The highest BCUT2D eigenvalue weighted by atomic mass is 79.9. The second kappa shape index (κ2) is 10.9. The monoisotopic (exact) mass is 536 g/mol. The molecule has 7 nitrogen and oxygen atoms in total. The number of thioether (sulfide) groups is 1. The van der Waals surface area contributed by atoms with Crippen LogP contribution in [0.1, 0.15) is 10.5 Å². The summed E-state index contributed by atoms with van der Waals surface area (Å²) < 4.78 is 0.881. The quantitative estimate of drug-likeness (QED) is 0.299. The molecule has 0 saturated carbocycles. The van der Waals surface area contributed by atoms with E-state index in [4.69, 9.17) is 0 Å². The Balaban J connectivity index is 1.74. The smallest absolute Gasteiger partial charge is 0.270 e. The summed E-state index contributed by atoms with van der Waals surface area (Å²) in [5, 5.41) is 6.95. The number of aromatic nitrogens is 3. The normalized spacial score (nSPS) is 11.1. The predicted octanol–water partition coefficient (Wildman–Crippen LogP) is 5.21. The number of nitrogens with one attached hydrogen (secondary N) is 2. The number of benzene rings is 2. The number of halogens is 1. The molecule has 0 aliphatic heterocycles. The highest BCUT2D eigenvalue weighted by Crippen LogP contribution is 2.32. The molecule has 0 bridgehead atoms. The second-order valence-electron chi connectivity index (χ2n) is 7.89. The number of pyridine rings is 1. The topological polar surface area (TPSA) is 83.0 Å². The van der Waals surface area contributed by atoms with Gasteiger partial charge in [0.2, 0.25) is 5.95 Å². The van der Waals surface area contributed by atoms with E-state index in [1.165, 1.54) is 0 Å². The summed E-state index contributed by atoms with van der Waals surface area (Å²) in [7, 11) is 3.93. The number of amides is 1. The molecule has 2 N–H and O–H groups in total. The summed E-state index contributed by atoms with van der Waals surface area (Å²) in [5.74, 6) is 0.182. The number of likely N-dealkylation sites (N-methyl/N-ethyl adjacent to an activating group) is 1. The van der Waals surface area contributed by atoms with Gasteiger partial charge in [-0.2, -0.15) is 4.98 Å². The lowest BCUT2D eigenvalue weighted by molar-refractivity contribution is 0.0947. The molecule has 4 rings (SSSR count). The van der Waals surface area contributed by atoms with Gasteiger partial charge in [-0.1, -0.05) is 40.2 Å². The molecule has 34 heavy (non-hydrogen) atoms. The number of carbonyl (C=O) groups excluding carboxylic acids is 1. The van der Waals surface area contributed by atoms with Crippen molar-refractivity contribution in [2.24, 2.45) is 0 Å². The molecule has 2 aromatic heterocycles. The Kier molecular flexibility index (Phi) is 7.77. The molecule has 2 aromatic carbocycles.